The van der Waals surface area contributed by atoms with Crippen molar-refractivity contribution in [2.75, 3.05) is 19.8 Å². The Morgan fingerprint density at radius 3 is 2.74 bits per heavy atom. The van der Waals surface area contributed by atoms with E-state index in [1.54, 1.807) is 12.1 Å². The van der Waals surface area contributed by atoms with Gasteiger partial charge >= 0.3 is 5.97 Å². The highest BCUT2D eigenvalue weighted by Gasteiger charge is 2.11. The Morgan fingerprint density at radius 1 is 1.42 bits per heavy atom. The van der Waals surface area contributed by atoms with Crippen LogP contribution < -0.4 is 9.47 Å². The van der Waals surface area contributed by atoms with Gasteiger partial charge in [-0.3, -0.25) is 0 Å². The molecule has 0 heterocycles. The average molecular weight is 287 g/mol. The van der Waals surface area contributed by atoms with E-state index in [-0.39, 0.29) is 13.2 Å². The Bertz CT molecular complexity index is 470. The lowest BCUT2D eigenvalue weighted by Gasteiger charge is -2.13. The Kier molecular flexibility index (Phi) is 6.18. The Balaban J connectivity index is 3.08. The SMILES string of the molecule is CCOc1cc(C=CC(=O)O)cc(Cl)c1OCCO. The van der Waals surface area contributed by atoms with Gasteiger partial charge in [0, 0.05) is 6.08 Å². The van der Waals surface area contributed by atoms with Gasteiger partial charge in [0.15, 0.2) is 11.5 Å². The van der Waals surface area contributed by atoms with Crippen LogP contribution in [0.1, 0.15) is 12.5 Å². The molecule has 1 rings (SSSR count). The highest BCUT2D eigenvalue weighted by Crippen LogP contribution is 2.37. The fraction of sp³-hybridized carbons (Fsp3) is 0.308. The zero-order chi connectivity index (χ0) is 14.3. The summed E-state index contributed by atoms with van der Waals surface area (Å²) in [4.78, 5) is 10.5. The van der Waals surface area contributed by atoms with Crippen molar-refractivity contribution >= 4 is 23.6 Å². The van der Waals surface area contributed by atoms with Crippen LogP contribution in [-0.4, -0.2) is 36.0 Å². The standard InChI is InChI=1S/C13H15ClO5/c1-2-18-11-8-9(3-4-12(16)17)7-10(14)13(11)19-6-5-15/h3-4,7-8,15H,2,5-6H2,1H3,(H,16,17). The summed E-state index contributed by atoms with van der Waals surface area (Å²) in [7, 11) is 0. The van der Waals surface area contributed by atoms with Gasteiger partial charge in [0.25, 0.3) is 0 Å². The summed E-state index contributed by atoms with van der Waals surface area (Å²) < 4.78 is 10.7. The molecule has 0 aliphatic heterocycles. The van der Waals surface area contributed by atoms with E-state index < -0.39 is 5.97 Å². The molecule has 104 valence electrons. The number of aliphatic hydroxyl groups is 1. The molecular weight excluding hydrogens is 272 g/mol. The first-order valence-electron chi connectivity index (χ1n) is 5.69. The Morgan fingerprint density at radius 2 is 2.16 bits per heavy atom. The molecular formula is C13H15ClO5. The molecule has 6 heteroatoms. The second-order valence-corrected chi connectivity index (χ2v) is 3.91. The van der Waals surface area contributed by atoms with Gasteiger partial charge in [-0.15, -0.1) is 0 Å². The van der Waals surface area contributed by atoms with Crippen LogP contribution in [0, 0.1) is 0 Å². The van der Waals surface area contributed by atoms with Gasteiger partial charge in [-0.05, 0) is 30.7 Å². The molecule has 0 amide bonds. The number of aliphatic hydroxyl groups excluding tert-OH is 1. The normalized spacial score (nSPS) is 10.7. The smallest absolute Gasteiger partial charge is 0.328 e. The van der Waals surface area contributed by atoms with E-state index in [0.717, 1.165) is 6.08 Å². The third-order valence-electron chi connectivity index (χ3n) is 2.09. The third kappa shape index (κ3) is 4.81. The van der Waals surface area contributed by atoms with Crippen molar-refractivity contribution < 1.29 is 24.5 Å². The average Bonchev–Trinajstić information content (AvgIpc) is 2.36. The summed E-state index contributed by atoms with van der Waals surface area (Å²) in [5.41, 5.74) is 0.590. The second kappa shape index (κ2) is 7.66. The molecule has 0 fully saturated rings. The number of carboxylic acids is 1. The monoisotopic (exact) mass is 286 g/mol. The molecule has 0 unspecified atom stereocenters. The van der Waals surface area contributed by atoms with E-state index in [4.69, 9.17) is 31.3 Å². The third-order valence-corrected chi connectivity index (χ3v) is 2.37. The lowest BCUT2D eigenvalue weighted by molar-refractivity contribution is -0.131. The minimum Gasteiger partial charge on any atom is -0.490 e. The second-order valence-electron chi connectivity index (χ2n) is 3.51. The van der Waals surface area contributed by atoms with Crippen molar-refractivity contribution in [2.24, 2.45) is 0 Å². The van der Waals surface area contributed by atoms with Crippen molar-refractivity contribution in [1.82, 2.24) is 0 Å². The molecule has 1 aromatic carbocycles. The van der Waals surface area contributed by atoms with Gasteiger partial charge in [-0.1, -0.05) is 11.6 Å². The Hall–Kier alpha value is -1.72. The highest BCUT2D eigenvalue weighted by molar-refractivity contribution is 6.32. The minimum absolute atomic E-state index is 0.101. The number of aliphatic carboxylic acids is 1. The summed E-state index contributed by atoms with van der Waals surface area (Å²) in [6, 6.07) is 3.19. The number of rotatable bonds is 7. The largest absolute Gasteiger partial charge is 0.490 e. The number of carbonyl (C=O) groups is 1. The minimum atomic E-state index is -1.05. The van der Waals surface area contributed by atoms with Gasteiger partial charge in [-0.25, -0.2) is 4.79 Å². The highest BCUT2D eigenvalue weighted by atomic mass is 35.5. The molecule has 0 saturated carbocycles. The molecule has 0 atom stereocenters. The molecule has 0 aliphatic carbocycles. The van der Waals surface area contributed by atoms with Crippen LogP contribution in [0.25, 0.3) is 6.08 Å². The molecule has 0 saturated heterocycles. The fourth-order valence-electron chi connectivity index (χ4n) is 1.40. The summed E-state index contributed by atoms with van der Waals surface area (Å²) >= 11 is 6.05. The summed E-state index contributed by atoms with van der Waals surface area (Å²) in [5.74, 6) is -0.298. The maximum atomic E-state index is 10.5. The summed E-state index contributed by atoms with van der Waals surface area (Å²) in [6.07, 6.45) is 2.42. The van der Waals surface area contributed by atoms with Crippen LogP contribution in [-0.2, 0) is 4.79 Å². The molecule has 0 radical (unpaired) electrons. The number of hydrogen-bond donors (Lipinski definition) is 2. The van der Waals surface area contributed by atoms with Crippen LogP contribution in [0.2, 0.25) is 5.02 Å². The number of hydrogen-bond acceptors (Lipinski definition) is 4. The topological polar surface area (TPSA) is 76.0 Å². The fourth-order valence-corrected chi connectivity index (χ4v) is 1.68. The zero-order valence-electron chi connectivity index (χ0n) is 10.4. The number of ether oxygens (including phenoxy) is 2. The number of benzene rings is 1. The lowest BCUT2D eigenvalue weighted by atomic mass is 10.2. The quantitative estimate of drug-likeness (QED) is 0.752. The first-order chi connectivity index (χ1) is 9.08. The molecule has 2 N–H and O–H groups in total. The van der Waals surface area contributed by atoms with Crippen LogP contribution >= 0.6 is 11.6 Å². The number of halogens is 1. The van der Waals surface area contributed by atoms with Crippen molar-refractivity contribution in [2.45, 2.75) is 6.92 Å². The Labute approximate surface area is 116 Å². The lowest BCUT2D eigenvalue weighted by Crippen LogP contribution is -2.04. The van der Waals surface area contributed by atoms with Crippen molar-refractivity contribution in [3.8, 4) is 11.5 Å². The van der Waals surface area contributed by atoms with Crippen LogP contribution in [0.15, 0.2) is 18.2 Å². The first-order valence-corrected chi connectivity index (χ1v) is 6.07. The molecule has 1 aromatic rings. The van der Waals surface area contributed by atoms with E-state index >= 15 is 0 Å². The van der Waals surface area contributed by atoms with E-state index in [9.17, 15) is 4.79 Å². The van der Waals surface area contributed by atoms with Crippen molar-refractivity contribution in [3.05, 3.63) is 28.8 Å². The van der Waals surface area contributed by atoms with Crippen LogP contribution in [0.5, 0.6) is 11.5 Å². The maximum Gasteiger partial charge on any atom is 0.328 e. The predicted molar refractivity (Wildman–Crippen MR) is 71.9 cm³/mol. The van der Waals surface area contributed by atoms with E-state index in [1.165, 1.54) is 6.08 Å². The first kappa shape index (κ1) is 15.3. The van der Waals surface area contributed by atoms with Gasteiger partial charge in [0.1, 0.15) is 6.61 Å². The van der Waals surface area contributed by atoms with Gasteiger partial charge in [0.05, 0.1) is 18.2 Å². The van der Waals surface area contributed by atoms with E-state index in [1.807, 2.05) is 6.92 Å². The predicted octanol–water partition coefficient (Wildman–Crippen LogP) is 2.21. The number of carboxylic acid groups (broad SMARTS) is 1. The molecule has 0 aliphatic rings. The van der Waals surface area contributed by atoms with Crippen molar-refractivity contribution in [1.29, 1.82) is 0 Å². The summed E-state index contributed by atoms with van der Waals surface area (Å²) in [6.45, 7) is 2.19. The molecule has 0 aromatic heterocycles. The molecule has 0 bridgehead atoms. The summed E-state index contributed by atoms with van der Waals surface area (Å²) in [5, 5.41) is 17.6. The van der Waals surface area contributed by atoms with Gasteiger partial charge < -0.3 is 19.7 Å². The molecule has 5 nitrogen and oxygen atoms in total. The zero-order valence-corrected chi connectivity index (χ0v) is 11.2. The molecule has 19 heavy (non-hydrogen) atoms. The van der Waals surface area contributed by atoms with Crippen molar-refractivity contribution in [3.63, 3.8) is 0 Å². The van der Waals surface area contributed by atoms with Gasteiger partial charge in [-0.2, -0.15) is 0 Å². The van der Waals surface area contributed by atoms with E-state index in [2.05, 4.69) is 0 Å². The molecule has 0 spiro atoms. The van der Waals surface area contributed by atoms with Crippen LogP contribution in [0.3, 0.4) is 0 Å². The maximum absolute atomic E-state index is 10.5. The van der Waals surface area contributed by atoms with Gasteiger partial charge in [0.2, 0.25) is 0 Å². The van der Waals surface area contributed by atoms with E-state index in [0.29, 0.717) is 28.7 Å². The van der Waals surface area contributed by atoms with Crippen LogP contribution in [0.4, 0.5) is 0 Å².